The van der Waals surface area contributed by atoms with Crippen molar-refractivity contribution < 1.29 is 19.1 Å². The normalized spacial score (nSPS) is 16.1. The van der Waals surface area contributed by atoms with Gasteiger partial charge in [0.05, 0.1) is 12.2 Å². The molecule has 1 aliphatic heterocycles. The Labute approximate surface area is 141 Å². The number of carbonyl (C=O) groups excluding carboxylic acids is 1. The summed E-state index contributed by atoms with van der Waals surface area (Å²) >= 11 is 0. The van der Waals surface area contributed by atoms with Crippen LogP contribution in [0.1, 0.15) is 19.8 Å². The highest BCUT2D eigenvalue weighted by atomic mass is 19.1. The van der Waals surface area contributed by atoms with E-state index in [0.717, 1.165) is 6.42 Å². The van der Waals surface area contributed by atoms with Gasteiger partial charge < -0.3 is 14.9 Å². The average Bonchev–Trinajstić information content (AvgIpc) is 2.58. The summed E-state index contributed by atoms with van der Waals surface area (Å²) in [6.07, 6.45) is 1.23. The third-order valence-electron chi connectivity index (χ3n) is 4.20. The van der Waals surface area contributed by atoms with Crippen LogP contribution in [-0.4, -0.2) is 60.6 Å². The van der Waals surface area contributed by atoms with Gasteiger partial charge >= 0.3 is 5.97 Å². The van der Waals surface area contributed by atoms with Crippen molar-refractivity contribution in [2.45, 2.75) is 25.8 Å². The van der Waals surface area contributed by atoms with Gasteiger partial charge in [0, 0.05) is 26.2 Å². The number of carboxylic acids is 1. The summed E-state index contributed by atoms with van der Waals surface area (Å²) < 4.78 is 13.8. The van der Waals surface area contributed by atoms with E-state index in [0.29, 0.717) is 38.3 Å². The van der Waals surface area contributed by atoms with E-state index >= 15 is 0 Å². The fourth-order valence-electron chi connectivity index (χ4n) is 2.83. The molecule has 2 rings (SSSR count). The first-order valence-corrected chi connectivity index (χ1v) is 8.26. The highest BCUT2D eigenvalue weighted by Crippen LogP contribution is 2.20. The lowest BCUT2D eigenvalue weighted by Crippen LogP contribution is -2.52. The minimum absolute atomic E-state index is 0.0106. The van der Waals surface area contributed by atoms with Crippen molar-refractivity contribution in [2.24, 2.45) is 0 Å². The molecule has 7 heteroatoms. The number of piperazine rings is 1. The van der Waals surface area contributed by atoms with Crippen LogP contribution in [0, 0.1) is 5.82 Å². The van der Waals surface area contributed by atoms with Crippen LogP contribution in [0.25, 0.3) is 0 Å². The summed E-state index contributed by atoms with van der Waals surface area (Å²) in [5.74, 6) is -1.32. The molecule has 1 saturated heterocycles. The molecule has 1 amide bonds. The van der Waals surface area contributed by atoms with Gasteiger partial charge in [-0.25, -0.2) is 4.39 Å². The minimum atomic E-state index is -0.936. The smallest absolute Gasteiger partial charge is 0.320 e. The molecule has 0 saturated carbocycles. The predicted molar refractivity (Wildman–Crippen MR) is 89.5 cm³/mol. The van der Waals surface area contributed by atoms with E-state index < -0.39 is 12.0 Å². The van der Waals surface area contributed by atoms with Crippen LogP contribution in [0.4, 0.5) is 10.1 Å². The molecule has 1 unspecified atom stereocenters. The zero-order valence-electron chi connectivity index (χ0n) is 13.9. The number of halogens is 1. The van der Waals surface area contributed by atoms with Gasteiger partial charge in [0.2, 0.25) is 5.91 Å². The number of rotatable bonds is 7. The lowest BCUT2D eigenvalue weighted by Gasteiger charge is -2.36. The average molecular weight is 337 g/mol. The van der Waals surface area contributed by atoms with E-state index in [-0.39, 0.29) is 18.3 Å². The van der Waals surface area contributed by atoms with E-state index in [4.69, 9.17) is 5.11 Å². The van der Waals surface area contributed by atoms with Crippen LogP contribution in [0.15, 0.2) is 24.3 Å². The summed E-state index contributed by atoms with van der Waals surface area (Å²) in [5.41, 5.74) is 0.552. The number of benzene rings is 1. The van der Waals surface area contributed by atoms with Gasteiger partial charge in [-0.3, -0.25) is 14.9 Å². The van der Waals surface area contributed by atoms with E-state index in [2.05, 4.69) is 5.32 Å². The molecule has 1 heterocycles. The predicted octanol–water partition coefficient (Wildman–Crippen LogP) is 1.32. The molecule has 6 nitrogen and oxygen atoms in total. The molecule has 0 radical (unpaired) electrons. The molecule has 1 atom stereocenters. The SMILES string of the molecule is CCCC(NCC(=O)N1CCN(c2ccccc2F)CC1)C(=O)O. The fourth-order valence-corrected chi connectivity index (χ4v) is 2.83. The molecule has 132 valence electrons. The summed E-state index contributed by atoms with van der Waals surface area (Å²) in [6.45, 7) is 4.03. The molecule has 0 bridgehead atoms. The van der Waals surface area contributed by atoms with Crippen molar-refractivity contribution in [1.82, 2.24) is 10.2 Å². The Morgan fingerprint density at radius 3 is 2.50 bits per heavy atom. The first-order chi connectivity index (χ1) is 11.5. The Morgan fingerprint density at radius 2 is 1.92 bits per heavy atom. The van der Waals surface area contributed by atoms with Crippen molar-refractivity contribution >= 4 is 17.6 Å². The van der Waals surface area contributed by atoms with Gasteiger partial charge in [-0.05, 0) is 18.6 Å². The molecule has 1 aliphatic rings. The molecule has 1 aromatic rings. The molecule has 0 aliphatic carbocycles. The maximum absolute atomic E-state index is 13.8. The maximum atomic E-state index is 13.8. The number of amides is 1. The zero-order chi connectivity index (χ0) is 17.5. The number of aliphatic carboxylic acids is 1. The number of nitrogens with one attached hydrogen (secondary N) is 1. The zero-order valence-corrected chi connectivity index (χ0v) is 13.9. The Morgan fingerprint density at radius 1 is 1.25 bits per heavy atom. The molecule has 0 spiro atoms. The van der Waals surface area contributed by atoms with Crippen LogP contribution >= 0.6 is 0 Å². The second kappa shape index (κ2) is 8.63. The molecule has 0 aromatic heterocycles. The Kier molecular flexibility index (Phi) is 6.54. The monoisotopic (exact) mass is 337 g/mol. The number of hydrogen-bond donors (Lipinski definition) is 2. The summed E-state index contributed by atoms with van der Waals surface area (Å²) in [5, 5.41) is 11.9. The van der Waals surface area contributed by atoms with Gasteiger partial charge in [-0.1, -0.05) is 25.5 Å². The summed E-state index contributed by atoms with van der Waals surface area (Å²) in [7, 11) is 0. The third-order valence-corrected chi connectivity index (χ3v) is 4.20. The molecule has 1 fully saturated rings. The van der Waals surface area contributed by atoms with E-state index in [1.165, 1.54) is 6.07 Å². The van der Waals surface area contributed by atoms with Crippen molar-refractivity contribution in [3.05, 3.63) is 30.1 Å². The van der Waals surface area contributed by atoms with E-state index in [9.17, 15) is 14.0 Å². The Bertz CT molecular complexity index is 574. The first-order valence-electron chi connectivity index (χ1n) is 8.26. The molecule has 24 heavy (non-hydrogen) atoms. The maximum Gasteiger partial charge on any atom is 0.320 e. The standard InChI is InChI=1S/C17H24FN3O3/c1-2-5-14(17(23)24)19-12-16(22)21-10-8-20(9-11-21)15-7-4-3-6-13(15)18/h3-4,6-7,14,19H,2,5,8-12H2,1H3,(H,23,24). The second-order valence-corrected chi connectivity index (χ2v) is 5.88. The first kappa shape index (κ1) is 18.2. The highest BCUT2D eigenvalue weighted by molar-refractivity contribution is 5.80. The molecule has 1 aromatic carbocycles. The van der Waals surface area contributed by atoms with Crippen LogP contribution in [0.2, 0.25) is 0 Å². The number of nitrogens with zero attached hydrogens (tertiary/aromatic N) is 2. The van der Waals surface area contributed by atoms with E-state index in [1.807, 2.05) is 11.8 Å². The number of carbonyl (C=O) groups is 2. The van der Waals surface area contributed by atoms with Crippen LogP contribution in [0.5, 0.6) is 0 Å². The van der Waals surface area contributed by atoms with Crippen molar-refractivity contribution in [3.63, 3.8) is 0 Å². The highest BCUT2D eigenvalue weighted by Gasteiger charge is 2.24. The largest absolute Gasteiger partial charge is 0.480 e. The summed E-state index contributed by atoms with van der Waals surface area (Å²) in [6, 6.07) is 5.91. The quantitative estimate of drug-likeness (QED) is 0.785. The molecular weight excluding hydrogens is 313 g/mol. The van der Waals surface area contributed by atoms with Crippen molar-refractivity contribution in [3.8, 4) is 0 Å². The Balaban J connectivity index is 1.82. The molecule has 2 N–H and O–H groups in total. The van der Waals surface area contributed by atoms with Gasteiger partial charge in [0.15, 0.2) is 0 Å². The van der Waals surface area contributed by atoms with Gasteiger partial charge in [-0.2, -0.15) is 0 Å². The van der Waals surface area contributed by atoms with Gasteiger partial charge in [0.25, 0.3) is 0 Å². The number of anilines is 1. The number of carboxylic acid groups (broad SMARTS) is 1. The minimum Gasteiger partial charge on any atom is -0.480 e. The summed E-state index contributed by atoms with van der Waals surface area (Å²) in [4.78, 5) is 26.9. The lowest BCUT2D eigenvalue weighted by atomic mass is 10.1. The molecular formula is C17H24FN3O3. The fraction of sp³-hybridized carbons (Fsp3) is 0.529. The lowest BCUT2D eigenvalue weighted by molar-refractivity contribution is -0.140. The van der Waals surface area contributed by atoms with Gasteiger partial charge in [-0.15, -0.1) is 0 Å². The number of hydrogen-bond acceptors (Lipinski definition) is 4. The topological polar surface area (TPSA) is 72.9 Å². The number of para-hydroxylation sites is 1. The van der Waals surface area contributed by atoms with Gasteiger partial charge in [0.1, 0.15) is 11.9 Å². The van der Waals surface area contributed by atoms with Crippen LogP contribution < -0.4 is 10.2 Å². The van der Waals surface area contributed by atoms with E-state index in [1.54, 1.807) is 23.1 Å². The van der Waals surface area contributed by atoms with Crippen molar-refractivity contribution in [1.29, 1.82) is 0 Å². The van der Waals surface area contributed by atoms with Crippen molar-refractivity contribution in [2.75, 3.05) is 37.6 Å². The van der Waals surface area contributed by atoms with Crippen LogP contribution in [0.3, 0.4) is 0 Å². The second-order valence-electron chi connectivity index (χ2n) is 5.88. The van der Waals surface area contributed by atoms with Crippen LogP contribution in [-0.2, 0) is 9.59 Å². The third kappa shape index (κ3) is 4.67. The Hall–Kier alpha value is -2.15.